The summed E-state index contributed by atoms with van der Waals surface area (Å²) in [6.45, 7) is 5.87. The number of nitrogens with one attached hydrogen (secondary N) is 1. The van der Waals surface area contributed by atoms with Gasteiger partial charge in [0.05, 0.1) is 11.3 Å². The molecule has 0 aromatic heterocycles. The molecule has 6 nitrogen and oxygen atoms in total. The maximum absolute atomic E-state index is 13.3. The predicted molar refractivity (Wildman–Crippen MR) is 113 cm³/mol. The number of rotatable bonds is 4. The van der Waals surface area contributed by atoms with Crippen LogP contribution in [-0.2, 0) is 9.59 Å². The van der Waals surface area contributed by atoms with E-state index in [2.05, 4.69) is 5.32 Å². The molecule has 1 heterocycles. The van der Waals surface area contributed by atoms with E-state index in [0.29, 0.717) is 37.4 Å². The molecule has 4 rings (SSSR count). The minimum atomic E-state index is -0.0986. The molecule has 1 aliphatic carbocycles. The van der Waals surface area contributed by atoms with Gasteiger partial charge in [0.15, 0.2) is 0 Å². The van der Waals surface area contributed by atoms with Crippen molar-refractivity contribution in [2.45, 2.75) is 26.7 Å². The lowest BCUT2D eigenvalue weighted by atomic mass is 10.0. The lowest BCUT2D eigenvalue weighted by Crippen LogP contribution is -2.51. The monoisotopic (exact) mass is 393 g/mol. The zero-order chi connectivity index (χ0) is 20.5. The van der Waals surface area contributed by atoms with Crippen molar-refractivity contribution in [3.8, 4) is 0 Å². The second-order valence-corrected chi connectivity index (χ2v) is 8.28. The number of benzene rings is 2. The number of nitrogens with zero attached hydrogens (tertiary/aromatic N) is 2. The summed E-state index contributed by atoms with van der Waals surface area (Å²) in [6, 6.07) is 11.6. The molecule has 0 radical (unpaired) electrons. The molecule has 0 spiro atoms. The quantitative estimate of drug-likeness (QED) is 0.868. The highest BCUT2D eigenvalue weighted by Gasteiger charge is 2.31. The largest absolute Gasteiger partial charge is 0.339 e. The predicted octanol–water partition coefficient (Wildman–Crippen LogP) is 3.13. The SMILES string of the molecule is CC(C)C(=O)N1CCN(C(=O)c2cc3ccccc3cc2NC(=O)C2CC2)CC1. The Balaban J connectivity index is 1.57. The van der Waals surface area contributed by atoms with Crippen LogP contribution in [0, 0.1) is 11.8 Å². The second kappa shape index (κ2) is 7.85. The van der Waals surface area contributed by atoms with Crippen molar-refractivity contribution in [1.29, 1.82) is 0 Å². The second-order valence-electron chi connectivity index (χ2n) is 8.28. The lowest BCUT2D eigenvalue weighted by molar-refractivity contribution is -0.135. The first-order chi connectivity index (χ1) is 13.9. The minimum absolute atomic E-state index is 0.0123. The number of hydrogen-bond acceptors (Lipinski definition) is 3. The number of hydrogen-bond donors (Lipinski definition) is 1. The van der Waals surface area contributed by atoms with Crippen LogP contribution in [0.3, 0.4) is 0 Å². The summed E-state index contributed by atoms with van der Waals surface area (Å²) < 4.78 is 0. The van der Waals surface area contributed by atoms with Crippen molar-refractivity contribution >= 4 is 34.2 Å². The number of carbonyl (C=O) groups excluding carboxylic acids is 3. The van der Waals surface area contributed by atoms with Gasteiger partial charge in [-0.2, -0.15) is 0 Å². The van der Waals surface area contributed by atoms with Gasteiger partial charge in [0.25, 0.3) is 5.91 Å². The summed E-state index contributed by atoms with van der Waals surface area (Å²) in [5.41, 5.74) is 1.09. The van der Waals surface area contributed by atoms with Gasteiger partial charge in [-0.05, 0) is 35.7 Å². The first-order valence-electron chi connectivity index (χ1n) is 10.4. The average molecular weight is 393 g/mol. The molecule has 1 saturated carbocycles. The molecule has 2 aliphatic rings. The maximum Gasteiger partial charge on any atom is 0.256 e. The van der Waals surface area contributed by atoms with Gasteiger partial charge in [-0.1, -0.05) is 38.1 Å². The Hall–Kier alpha value is -2.89. The van der Waals surface area contributed by atoms with Crippen LogP contribution < -0.4 is 5.32 Å². The zero-order valence-corrected chi connectivity index (χ0v) is 17.0. The third-order valence-corrected chi connectivity index (χ3v) is 5.69. The molecule has 0 bridgehead atoms. The van der Waals surface area contributed by atoms with E-state index in [9.17, 15) is 14.4 Å². The topological polar surface area (TPSA) is 69.7 Å². The van der Waals surface area contributed by atoms with Crippen LogP contribution in [0.4, 0.5) is 5.69 Å². The van der Waals surface area contributed by atoms with Crippen LogP contribution in [0.25, 0.3) is 10.8 Å². The van der Waals surface area contributed by atoms with Crippen LogP contribution in [0.1, 0.15) is 37.0 Å². The van der Waals surface area contributed by atoms with Crippen LogP contribution in [0.2, 0.25) is 0 Å². The highest BCUT2D eigenvalue weighted by molar-refractivity contribution is 6.08. The van der Waals surface area contributed by atoms with E-state index in [1.807, 2.05) is 55.1 Å². The summed E-state index contributed by atoms with van der Waals surface area (Å²) in [6.07, 6.45) is 1.82. The van der Waals surface area contributed by atoms with Crippen LogP contribution in [0.5, 0.6) is 0 Å². The van der Waals surface area contributed by atoms with Gasteiger partial charge >= 0.3 is 0 Å². The molecule has 29 heavy (non-hydrogen) atoms. The molecule has 0 unspecified atom stereocenters. The molecule has 152 valence electrons. The van der Waals surface area contributed by atoms with Crippen molar-refractivity contribution in [2.75, 3.05) is 31.5 Å². The number of amides is 3. The standard InChI is InChI=1S/C23H27N3O3/c1-15(2)22(28)25-9-11-26(12-10-25)23(29)19-13-17-5-3-4-6-18(17)14-20(19)24-21(27)16-7-8-16/h3-6,13-16H,7-12H2,1-2H3,(H,24,27). The Bertz CT molecular complexity index is 957. The molecule has 6 heteroatoms. The highest BCUT2D eigenvalue weighted by Crippen LogP contribution is 2.32. The fourth-order valence-electron chi connectivity index (χ4n) is 3.77. The van der Waals surface area contributed by atoms with E-state index >= 15 is 0 Å². The van der Waals surface area contributed by atoms with Crippen LogP contribution in [-0.4, -0.2) is 53.7 Å². The third kappa shape index (κ3) is 4.11. The summed E-state index contributed by atoms with van der Waals surface area (Å²) in [5.74, 6) is 0.0392. The van der Waals surface area contributed by atoms with Gasteiger partial charge in [-0.25, -0.2) is 0 Å². The van der Waals surface area contributed by atoms with Crippen molar-refractivity contribution in [2.24, 2.45) is 11.8 Å². The smallest absolute Gasteiger partial charge is 0.256 e. The Morgan fingerprint density at radius 2 is 1.52 bits per heavy atom. The van der Waals surface area contributed by atoms with Crippen molar-refractivity contribution in [3.63, 3.8) is 0 Å². The van der Waals surface area contributed by atoms with Gasteiger partial charge in [-0.3, -0.25) is 14.4 Å². The molecule has 2 fully saturated rings. The molecule has 1 aliphatic heterocycles. The Morgan fingerprint density at radius 1 is 0.931 bits per heavy atom. The van der Waals surface area contributed by atoms with Crippen LogP contribution in [0.15, 0.2) is 36.4 Å². The number of anilines is 1. The van der Waals surface area contributed by atoms with Gasteiger partial charge in [0, 0.05) is 38.0 Å². The molecule has 0 atom stereocenters. The maximum atomic E-state index is 13.3. The summed E-state index contributed by atoms with van der Waals surface area (Å²) in [5, 5.41) is 4.93. The first kappa shape index (κ1) is 19.4. The molecule has 3 amide bonds. The average Bonchev–Trinajstić information content (AvgIpc) is 3.58. The summed E-state index contributed by atoms with van der Waals surface area (Å²) in [7, 11) is 0. The fraction of sp³-hybridized carbons (Fsp3) is 0.435. The third-order valence-electron chi connectivity index (χ3n) is 5.69. The van der Waals surface area contributed by atoms with Gasteiger partial charge in [0.2, 0.25) is 11.8 Å². The molecule has 1 saturated heterocycles. The highest BCUT2D eigenvalue weighted by atomic mass is 16.2. The molecule has 2 aromatic rings. The Labute approximate surface area is 170 Å². The first-order valence-corrected chi connectivity index (χ1v) is 10.4. The molecular weight excluding hydrogens is 366 g/mol. The number of fused-ring (bicyclic) bond motifs is 1. The van der Waals surface area contributed by atoms with Gasteiger partial charge in [-0.15, -0.1) is 0 Å². The van der Waals surface area contributed by atoms with E-state index in [4.69, 9.17) is 0 Å². The Morgan fingerprint density at radius 3 is 2.10 bits per heavy atom. The van der Waals surface area contributed by atoms with E-state index in [1.165, 1.54) is 0 Å². The minimum Gasteiger partial charge on any atom is -0.339 e. The van der Waals surface area contributed by atoms with E-state index < -0.39 is 0 Å². The fourth-order valence-corrected chi connectivity index (χ4v) is 3.77. The number of piperazine rings is 1. The zero-order valence-electron chi connectivity index (χ0n) is 17.0. The molecular formula is C23H27N3O3. The van der Waals surface area contributed by atoms with E-state index in [1.54, 1.807) is 4.90 Å². The van der Waals surface area contributed by atoms with E-state index in [0.717, 1.165) is 23.6 Å². The molecule has 1 N–H and O–H groups in total. The Kier molecular flexibility index (Phi) is 5.26. The van der Waals surface area contributed by atoms with Crippen molar-refractivity contribution in [1.82, 2.24) is 9.80 Å². The van der Waals surface area contributed by atoms with Crippen LogP contribution >= 0.6 is 0 Å². The van der Waals surface area contributed by atoms with Gasteiger partial charge < -0.3 is 15.1 Å². The van der Waals surface area contributed by atoms with E-state index in [-0.39, 0.29) is 29.6 Å². The summed E-state index contributed by atoms with van der Waals surface area (Å²) in [4.78, 5) is 41.5. The van der Waals surface area contributed by atoms with Gasteiger partial charge in [0.1, 0.15) is 0 Å². The lowest BCUT2D eigenvalue weighted by Gasteiger charge is -2.36. The molecule has 2 aromatic carbocycles. The van der Waals surface area contributed by atoms with Crippen molar-refractivity contribution in [3.05, 3.63) is 42.0 Å². The van der Waals surface area contributed by atoms with Crippen molar-refractivity contribution < 1.29 is 14.4 Å². The summed E-state index contributed by atoms with van der Waals surface area (Å²) >= 11 is 0. The normalized spacial score (nSPS) is 16.9. The number of carbonyl (C=O) groups is 3.